The van der Waals surface area contributed by atoms with Crippen LogP contribution in [-0.4, -0.2) is 17.8 Å². The minimum Gasteiger partial charge on any atom is -0.488 e. The summed E-state index contributed by atoms with van der Waals surface area (Å²) in [5, 5.41) is 9.36. The lowest BCUT2D eigenvalue weighted by molar-refractivity contribution is 0.195. The van der Waals surface area contributed by atoms with Gasteiger partial charge in [-0.25, -0.2) is 0 Å². The molecule has 1 N–H and O–H groups in total. The molecule has 1 aromatic carbocycles. The summed E-state index contributed by atoms with van der Waals surface area (Å²) in [5.74, 6) is 0.793. The number of hydrogen-bond donors (Lipinski definition) is 1. The molecule has 0 heterocycles. The summed E-state index contributed by atoms with van der Waals surface area (Å²) >= 11 is 3.49. The van der Waals surface area contributed by atoms with Gasteiger partial charge in [0.1, 0.15) is 12.4 Å². The van der Waals surface area contributed by atoms with E-state index in [-0.39, 0.29) is 6.10 Å². The monoisotopic (exact) mass is 284 g/mol. The predicted molar refractivity (Wildman–Crippen MR) is 69.8 cm³/mol. The first kappa shape index (κ1) is 13.3. The fourth-order valence-corrected chi connectivity index (χ4v) is 1.89. The first-order valence-electron chi connectivity index (χ1n) is 5.23. The van der Waals surface area contributed by atoms with Gasteiger partial charge in [-0.05, 0) is 53.4 Å². The number of aliphatic hydroxyl groups excluding tert-OH is 1. The quantitative estimate of drug-likeness (QED) is 0.841. The number of halogens is 1. The Bertz CT molecular complexity index is 372. The lowest BCUT2D eigenvalue weighted by atomic mass is 10.1. The Hall–Kier alpha value is -0.800. The molecule has 2 nitrogen and oxygen atoms in total. The van der Waals surface area contributed by atoms with E-state index in [0.717, 1.165) is 21.4 Å². The lowest BCUT2D eigenvalue weighted by Crippen LogP contribution is -2.06. The molecule has 3 heteroatoms. The third-order valence-corrected chi connectivity index (χ3v) is 2.93. The fourth-order valence-electron chi connectivity index (χ4n) is 1.34. The van der Waals surface area contributed by atoms with E-state index < -0.39 is 0 Å². The van der Waals surface area contributed by atoms with Crippen molar-refractivity contribution in [3.63, 3.8) is 0 Å². The lowest BCUT2D eigenvalue weighted by Gasteiger charge is -2.12. The summed E-state index contributed by atoms with van der Waals surface area (Å²) in [6, 6.07) is 5.80. The Balaban J connectivity index is 2.81. The van der Waals surface area contributed by atoms with Crippen molar-refractivity contribution >= 4 is 15.9 Å². The topological polar surface area (TPSA) is 29.5 Å². The molecule has 0 amide bonds. The van der Waals surface area contributed by atoms with Crippen molar-refractivity contribution in [1.29, 1.82) is 0 Å². The Morgan fingerprint density at radius 2 is 2.25 bits per heavy atom. The summed E-state index contributed by atoms with van der Waals surface area (Å²) in [6.07, 6.45) is 0.262. The number of hydrogen-bond acceptors (Lipinski definition) is 2. The largest absolute Gasteiger partial charge is 0.488 e. The van der Waals surface area contributed by atoms with Crippen LogP contribution >= 0.6 is 15.9 Å². The molecular weight excluding hydrogens is 268 g/mol. The first-order valence-corrected chi connectivity index (χ1v) is 6.02. The molecule has 0 saturated heterocycles. The number of benzene rings is 1. The SMILES string of the molecule is C=C(C)COc1cccc(CC(C)O)c1Br. The molecule has 0 radical (unpaired) electrons. The summed E-state index contributed by atoms with van der Waals surface area (Å²) < 4.78 is 6.51. The zero-order chi connectivity index (χ0) is 12.1. The van der Waals surface area contributed by atoms with Gasteiger partial charge in [0, 0.05) is 0 Å². The molecule has 0 spiro atoms. The van der Waals surface area contributed by atoms with Crippen molar-refractivity contribution < 1.29 is 9.84 Å². The van der Waals surface area contributed by atoms with Crippen molar-refractivity contribution in [3.05, 3.63) is 40.4 Å². The van der Waals surface area contributed by atoms with E-state index in [1.54, 1.807) is 6.92 Å². The maximum absolute atomic E-state index is 9.36. The molecule has 0 aliphatic carbocycles. The van der Waals surface area contributed by atoms with Crippen LogP contribution in [-0.2, 0) is 6.42 Å². The normalized spacial score (nSPS) is 12.2. The third kappa shape index (κ3) is 3.99. The maximum Gasteiger partial charge on any atom is 0.134 e. The highest BCUT2D eigenvalue weighted by atomic mass is 79.9. The molecule has 0 fully saturated rings. The van der Waals surface area contributed by atoms with Crippen LogP contribution in [0.5, 0.6) is 5.75 Å². The van der Waals surface area contributed by atoms with Gasteiger partial charge in [0.05, 0.1) is 10.6 Å². The summed E-state index contributed by atoms with van der Waals surface area (Å²) in [7, 11) is 0. The van der Waals surface area contributed by atoms with Crippen molar-refractivity contribution in [2.75, 3.05) is 6.61 Å². The van der Waals surface area contributed by atoms with Crippen molar-refractivity contribution in [2.24, 2.45) is 0 Å². The molecular formula is C13H17BrO2. The van der Waals surface area contributed by atoms with Gasteiger partial charge in [-0.3, -0.25) is 0 Å². The van der Waals surface area contributed by atoms with Crippen LogP contribution < -0.4 is 4.74 Å². The molecule has 0 aliphatic heterocycles. The van der Waals surface area contributed by atoms with Gasteiger partial charge in [0.25, 0.3) is 0 Å². The summed E-state index contributed by atoms with van der Waals surface area (Å²) in [4.78, 5) is 0. The average Bonchev–Trinajstić information content (AvgIpc) is 2.18. The van der Waals surface area contributed by atoms with Crippen LogP contribution in [0.1, 0.15) is 19.4 Å². The number of rotatable bonds is 5. The zero-order valence-electron chi connectivity index (χ0n) is 9.66. The highest BCUT2D eigenvalue weighted by Gasteiger charge is 2.08. The first-order chi connectivity index (χ1) is 7.50. The molecule has 0 aromatic heterocycles. The smallest absolute Gasteiger partial charge is 0.134 e. The molecule has 1 rings (SSSR count). The van der Waals surface area contributed by atoms with Crippen LogP contribution in [0.25, 0.3) is 0 Å². The van der Waals surface area contributed by atoms with E-state index in [1.807, 2.05) is 25.1 Å². The molecule has 0 saturated carbocycles. The molecule has 0 aliphatic rings. The van der Waals surface area contributed by atoms with Crippen LogP contribution in [0.15, 0.2) is 34.8 Å². The third-order valence-electron chi connectivity index (χ3n) is 2.03. The van der Waals surface area contributed by atoms with E-state index in [9.17, 15) is 5.11 Å². The van der Waals surface area contributed by atoms with E-state index in [1.165, 1.54) is 0 Å². The van der Waals surface area contributed by atoms with Gasteiger partial charge < -0.3 is 9.84 Å². The fraction of sp³-hybridized carbons (Fsp3) is 0.385. The van der Waals surface area contributed by atoms with Gasteiger partial charge in [0.15, 0.2) is 0 Å². The molecule has 0 bridgehead atoms. The average molecular weight is 285 g/mol. The minimum atomic E-state index is -0.354. The molecule has 16 heavy (non-hydrogen) atoms. The Morgan fingerprint density at radius 1 is 1.56 bits per heavy atom. The van der Waals surface area contributed by atoms with Gasteiger partial charge in [-0.1, -0.05) is 18.7 Å². The van der Waals surface area contributed by atoms with Gasteiger partial charge >= 0.3 is 0 Å². The van der Waals surface area contributed by atoms with Crippen LogP contribution in [0, 0.1) is 0 Å². The van der Waals surface area contributed by atoms with Crippen LogP contribution in [0.2, 0.25) is 0 Å². The summed E-state index contributed by atoms with van der Waals surface area (Å²) in [5.41, 5.74) is 2.03. The zero-order valence-corrected chi connectivity index (χ0v) is 11.3. The number of ether oxygens (including phenoxy) is 1. The highest BCUT2D eigenvalue weighted by molar-refractivity contribution is 9.10. The minimum absolute atomic E-state index is 0.354. The van der Waals surface area contributed by atoms with Crippen molar-refractivity contribution in [2.45, 2.75) is 26.4 Å². The van der Waals surface area contributed by atoms with Gasteiger partial charge in [-0.15, -0.1) is 0 Å². The standard InChI is InChI=1S/C13H17BrO2/c1-9(2)8-16-12-6-4-5-11(13(12)14)7-10(3)15/h4-6,10,15H,1,7-8H2,2-3H3. The van der Waals surface area contributed by atoms with E-state index in [2.05, 4.69) is 22.5 Å². The summed E-state index contributed by atoms with van der Waals surface area (Å²) in [6.45, 7) is 8.00. The Morgan fingerprint density at radius 3 is 2.81 bits per heavy atom. The molecule has 1 atom stereocenters. The van der Waals surface area contributed by atoms with E-state index in [0.29, 0.717) is 13.0 Å². The van der Waals surface area contributed by atoms with E-state index in [4.69, 9.17) is 4.74 Å². The number of aliphatic hydroxyl groups is 1. The predicted octanol–water partition coefficient (Wildman–Crippen LogP) is 3.33. The van der Waals surface area contributed by atoms with Crippen LogP contribution in [0.4, 0.5) is 0 Å². The maximum atomic E-state index is 9.36. The highest BCUT2D eigenvalue weighted by Crippen LogP contribution is 2.29. The molecule has 1 aromatic rings. The molecule has 1 unspecified atom stereocenters. The van der Waals surface area contributed by atoms with Gasteiger partial charge in [-0.2, -0.15) is 0 Å². The van der Waals surface area contributed by atoms with Crippen molar-refractivity contribution in [3.8, 4) is 5.75 Å². The van der Waals surface area contributed by atoms with E-state index >= 15 is 0 Å². The van der Waals surface area contributed by atoms with Crippen molar-refractivity contribution in [1.82, 2.24) is 0 Å². The molecule has 88 valence electrons. The Kier molecular flexibility index (Phi) is 5.03. The van der Waals surface area contributed by atoms with Gasteiger partial charge in [0.2, 0.25) is 0 Å². The second-order valence-corrected chi connectivity index (χ2v) is 4.82. The second-order valence-electron chi connectivity index (χ2n) is 4.03. The Labute approximate surface area is 105 Å². The van der Waals surface area contributed by atoms with Crippen LogP contribution in [0.3, 0.4) is 0 Å². The second kappa shape index (κ2) is 6.06.